The lowest BCUT2D eigenvalue weighted by molar-refractivity contribution is -0.143. The Morgan fingerprint density at radius 1 is 1.29 bits per heavy atom. The monoisotopic (exact) mass is 317 g/mol. The van der Waals surface area contributed by atoms with Gasteiger partial charge in [0.1, 0.15) is 16.6 Å². The number of aliphatic carboxylic acids is 1. The van der Waals surface area contributed by atoms with Crippen molar-refractivity contribution in [2.75, 3.05) is 26.2 Å². The lowest BCUT2D eigenvalue weighted by Gasteiger charge is -2.35. The third-order valence-corrected chi connectivity index (χ3v) is 5.89. The van der Waals surface area contributed by atoms with E-state index in [0.717, 1.165) is 0 Å². The Hall–Kier alpha value is -1.45. The van der Waals surface area contributed by atoms with Crippen LogP contribution < -0.4 is 0 Å². The highest BCUT2D eigenvalue weighted by Gasteiger charge is 2.34. The number of piperazine rings is 1. The van der Waals surface area contributed by atoms with Crippen molar-refractivity contribution in [1.82, 2.24) is 14.4 Å². The molecule has 1 aromatic rings. The van der Waals surface area contributed by atoms with Crippen molar-refractivity contribution in [3.63, 3.8) is 0 Å². The highest BCUT2D eigenvalue weighted by molar-refractivity contribution is 7.89. The lowest BCUT2D eigenvalue weighted by Crippen LogP contribution is -2.53. The normalized spacial score (nSPS) is 19.6. The smallest absolute Gasteiger partial charge is 0.320 e. The van der Waals surface area contributed by atoms with E-state index in [9.17, 15) is 13.2 Å². The number of hydrogen-bond acceptors (Lipinski definition) is 6. The summed E-state index contributed by atoms with van der Waals surface area (Å²) in [4.78, 5) is 12.8. The molecule has 1 atom stereocenters. The van der Waals surface area contributed by atoms with Crippen molar-refractivity contribution in [1.29, 1.82) is 0 Å². The summed E-state index contributed by atoms with van der Waals surface area (Å²) in [7, 11) is -3.65. The molecule has 0 saturated carbocycles. The maximum absolute atomic E-state index is 12.6. The van der Waals surface area contributed by atoms with Gasteiger partial charge in [0.05, 0.1) is 0 Å². The van der Waals surface area contributed by atoms with Crippen LogP contribution in [0.1, 0.15) is 18.4 Å². The van der Waals surface area contributed by atoms with E-state index < -0.39 is 22.0 Å². The van der Waals surface area contributed by atoms with Gasteiger partial charge in [0.25, 0.3) is 0 Å². The summed E-state index contributed by atoms with van der Waals surface area (Å²) in [5, 5.41) is 12.7. The molecule has 1 unspecified atom stereocenters. The molecule has 0 amide bonds. The van der Waals surface area contributed by atoms with Crippen molar-refractivity contribution in [2.45, 2.75) is 31.7 Å². The lowest BCUT2D eigenvalue weighted by atomic mass is 10.2. The van der Waals surface area contributed by atoms with E-state index in [1.807, 2.05) is 0 Å². The Morgan fingerprint density at radius 2 is 1.86 bits per heavy atom. The molecule has 1 saturated heterocycles. The Balaban J connectivity index is 2.14. The van der Waals surface area contributed by atoms with Crippen LogP contribution in [0, 0.1) is 13.8 Å². The molecule has 1 fully saturated rings. The van der Waals surface area contributed by atoms with Gasteiger partial charge >= 0.3 is 5.97 Å². The van der Waals surface area contributed by atoms with Gasteiger partial charge in [-0.25, -0.2) is 8.42 Å². The van der Waals surface area contributed by atoms with Crippen LogP contribution in [-0.4, -0.2) is 66.1 Å². The quantitative estimate of drug-likeness (QED) is 0.838. The maximum Gasteiger partial charge on any atom is 0.320 e. The molecule has 1 aliphatic heterocycles. The fourth-order valence-corrected chi connectivity index (χ4v) is 4.17. The van der Waals surface area contributed by atoms with Gasteiger partial charge in [0.2, 0.25) is 10.0 Å². The van der Waals surface area contributed by atoms with Crippen LogP contribution in [0.4, 0.5) is 0 Å². The average molecular weight is 317 g/mol. The first-order valence-electron chi connectivity index (χ1n) is 6.65. The minimum Gasteiger partial charge on any atom is -0.480 e. The summed E-state index contributed by atoms with van der Waals surface area (Å²) in [6.07, 6.45) is 0. The zero-order valence-electron chi connectivity index (χ0n) is 12.2. The first kappa shape index (κ1) is 15.9. The molecule has 0 spiro atoms. The number of aryl methyl sites for hydroxylation is 2. The first-order valence-corrected chi connectivity index (χ1v) is 8.09. The second kappa shape index (κ2) is 5.74. The van der Waals surface area contributed by atoms with E-state index >= 15 is 0 Å². The second-order valence-electron chi connectivity index (χ2n) is 5.11. The third kappa shape index (κ3) is 2.94. The van der Waals surface area contributed by atoms with Gasteiger partial charge in [0.15, 0.2) is 5.76 Å². The SMILES string of the molecule is Cc1noc(C)c1S(=O)(=O)N1CCN(C(C)C(=O)O)CC1. The van der Waals surface area contributed by atoms with Crippen LogP contribution in [0.25, 0.3) is 0 Å². The number of nitrogens with zero attached hydrogens (tertiary/aromatic N) is 3. The fraction of sp³-hybridized carbons (Fsp3) is 0.667. The van der Waals surface area contributed by atoms with E-state index in [-0.39, 0.29) is 23.7 Å². The van der Waals surface area contributed by atoms with Gasteiger partial charge in [-0.2, -0.15) is 4.31 Å². The summed E-state index contributed by atoms with van der Waals surface area (Å²) in [5.74, 6) is -0.633. The van der Waals surface area contributed by atoms with E-state index in [2.05, 4.69) is 5.16 Å². The van der Waals surface area contributed by atoms with E-state index in [1.165, 1.54) is 4.31 Å². The molecule has 9 heteroatoms. The summed E-state index contributed by atoms with van der Waals surface area (Å²) in [5.41, 5.74) is 0.342. The second-order valence-corrected chi connectivity index (χ2v) is 6.98. The molecular weight excluding hydrogens is 298 g/mol. The predicted molar refractivity (Wildman–Crippen MR) is 73.4 cm³/mol. The van der Waals surface area contributed by atoms with E-state index in [0.29, 0.717) is 18.8 Å². The van der Waals surface area contributed by atoms with Crippen LogP contribution >= 0.6 is 0 Å². The zero-order valence-corrected chi connectivity index (χ0v) is 13.1. The molecule has 118 valence electrons. The van der Waals surface area contributed by atoms with Gasteiger partial charge in [-0.3, -0.25) is 9.69 Å². The molecule has 0 aromatic carbocycles. The summed E-state index contributed by atoms with van der Waals surface area (Å²) < 4.78 is 31.5. The predicted octanol–water partition coefficient (Wildman–Crippen LogP) is 0.0708. The number of carboxylic acid groups (broad SMARTS) is 1. The largest absolute Gasteiger partial charge is 0.480 e. The van der Waals surface area contributed by atoms with Crippen molar-refractivity contribution < 1.29 is 22.8 Å². The Labute approximate surface area is 123 Å². The van der Waals surface area contributed by atoms with Crippen molar-refractivity contribution in [2.24, 2.45) is 0 Å². The van der Waals surface area contributed by atoms with E-state index in [1.54, 1.807) is 25.7 Å². The molecule has 2 rings (SSSR count). The molecule has 1 aromatic heterocycles. The molecule has 2 heterocycles. The number of sulfonamides is 1. The fourth-order valence-electron chi connectivity index (χ4n) is 2.46. The Kier molecular flexibility index (Phi) is 4.35. The van der Waals surface area contributed by atoms with Gasteiger partial charge in [-0.15, -0.1) is 0 Å². The maximum atomic E-state index is 12.6. The molecule has 21 heavy (non-hydrogen) atoms. The van der Waals surface area contributed by atoms with Crippen LogP contribution in [0.5, 0.6) is 0 Å². The van der Waals surface area contributed by atoms with Crippen LogP contribution in [0.3, 0.4) is 0 Å². The van der Waals surface area contributed by atoms with Gasteiger partial charge in [-0.05, 0) is 20.8 Å². The number of hydrogen-bond donors (Lipinski definition) is 1. The van der Waals surface area contributed by atoms with Gasteiger partial charge < -0.3 is 9.63 Å². The van der Waals surface area contributed by atoms with Crippen LogP contribution in [0.2, 0.25) is 0 Å². The van der Waals surface area contributed by atoms with Gasteiger partial charge in [-0.1, -0.05) is 5.16 Å². The Morgan fingerprint density at radius 3 is 2.29 bits per heavy atom. The standard InChI is InChI=1S/C12H19N3O5S/c1-8-11(10(3)20-13-8)21(18,19)15-6-4-14(5-7-15)9(2)12(16)17/h9H,4-7H2,1-3H3,(H,16,17). The molecule has 1 aliphatic rings. The van der Waals surface area contributed by atoms with Crippen molar-refractivity contribution in [3.8, 4) is 0 Å². The summed E-state index contributed by atoms with van der Waals surface area (Å²) in [6, 6.07) is -0.617. The highest BCUT2D eigenvalue weighted by Crippen LogP contribution is 2.24. The molecule has 8 nitrogen and oxygen atoms in total. The summed E-state index contributed by atoms with van der Waals surface area (Å²) in [6.45, 7) is 6.03. The molecule has 0 radical (unpaired) electrons. The third-order valence-electron chi connectivity index (χ3n) is 3.74. The number of rotatable bonds is 4. The number of carbonyl (C=O) groups is 1. The zero-order chi connectivity index (χ0) is 15.8. The van der Waals surface area contributed by atoms with Crippen LogP contribution in [0.15, 0.2) is 9.42 Å². The van der Waals surface area contributed by atoms with Crippen LogP contribution in [-0.2, 0) is 14.8 Å². The molecular formula is C12H19N3O5S. The molecule has 0 aliphatic carbocycles. The van der Waals surface area contributed by atoms with E-state index in [4.69, 9.17) is 9.63 Å². The average Bonchev–Trinajstić information content (AvgIpc) is 2.78. The molecule has 0 bridgehead atoms. The highest BCUT2D eigenvalue weighted by atomic mass is 32.2. The topological polar surface area (TPSA) is 104 Å². The Bertz CT molecular complexity index is 612. The minimum absolute atomic E-state index is 0.113. The van der Waals surface area contributed by atoms with Gasteiger partial charge in [0, 0.05) is 26.2 Å². The number of aromatic nitrogens is 1. The van der Waals surface area contributed by atoms with Crippen molar-refractivity contribution >= 4 is 16.0 Å². The first-order chi connectivity index (χ1) is 9.75. The number of carboxylic acids is 1. The minimum atomic E-state index is -3.65. The van der Waals surface area contributed by atoms with Crippen molar-refractivity contribution in [3.05, 3.63) is 11.5 Å². The summed E-state index contributed by atoms with van der Waals surface area (Å²) >= 11 is 0. The molecule has 1 N–H and O–H groups in total.